The highest BCUT2D eigenvalue weighted by Crippen LogP contribution is 2.31. The number of benzene rings is 2. The Morgan fingerprint density at radius 3 is 2.66 bits per heavy atom. The summed E-state index contributed by atoms with van der Waals surface area (Å²) in [4.78, 5) is 15.1. The minimum atomic E-state index is -3.79. The number of aryl methyl sites for hydroxylation is 1. The van der Waals surface area contributed by atoms with E-state index in [1.807, 2.05) is 49.4 Å². The van der Waals surface area contributed by atoms with Crippen LogP contribution in [0.1, 0.15) is 31.9 Å². The molecule has 1 aliphatic heterocycles. The largest absolute Gasteiger partial charge is 0.496 e. The van der Waals surface area contributed by atoms with E-state index in [4.69, 9.17) is 4.74 Å². The van der Waals surface area contributed by atoms with Gasteiger partial charge in [0, 0.05) is 32.2 Å². The standard InChI is InChI=1S/C24H26N2O4S2/c1-17-8-9-21(30-3)20(14-17)15-25(2)24(27)23-22(11-13-31-23)32(28,29)26-12-10-18-6-4-5-7-19(18)16-26/h4-9,11,13-14H,10,12,15-16H2,1-3H3. The van der Waals surface area contributed by atoms with Crippen molar-refractivity contribution >= 4 is 27.3 Å². The van der Waals surface area contributed by atoms with Gasteiger partial charge in [-0.2, -0.15) is 4.31 Å². The van der Waals surface area contributed by atoms with Gasteiger partial charge >= 0.3 is 0 Å². The van der Waals surface area contributed by atoms with Crippen molar-refractivity contribution in [2.45, 2.75) is 31.3 Å². The van der Waals surface area contributed by atoms with Crippen LogP contribution < -0.4 is 4.74 Å². The fourth-order valence-electron chi connectivity index (χ4n) is 4.00. The third kappa shape index (κ3) is 4.30. The van der Waals surface area contributed by atoms with E-state index in [0.717, 1.165) is 28.0 Å². The normalized spacial score (nSPS) is 14.1. The fourth-order valence-corrected chi connectivity index (χ4v) is 6.81. The van der Waals surface area contributed by atoms with Crippen molar-refractivity contribution in [3.8, 4) is 5.75 Å². The van der Waals surface area contributed by atoms with Crippen molar-refractivity contribution in [1.29, 1.82) is 0 Å². The lowest BCUT2D eigenvalue weighted by Crippen LogP contribution is -2.37. The lowest BCUT2D eigenvalue weighted by molar-refractivity contribution is 0.0785. The Bertz CT molecular complexity index is 1250. The first kappa shape index (κ1) is 22.5. The molecule has 1 aliphatic rings. The van der Waals surface area contributed by atoms with E-state index in [1.165, 1.54) is 20.8 Å². The van der Waals surface area contributed by atoms with E-state index < -0.39 is 10.0 Å². The molecule has 6 nitrogen and oxygen atoms in total. The second-order valence-electron chi connectivity index (χ2n) is 7.95. The number of rotatable bonds is 6. The highest BCUT2D eigenvalue weighted by molar-refractivity contribution is 7.89. The summed E-state index contributed by atoms with van der Waals surface area (Å²) in [5, 5.41) is 1.67. The molecule has 2 heterocycles. The van der Waals surface area contributed by atoms with E-state index in [1.54, 1.807) is 19.5 Å². The van der Waals surface area contributed by atoms with Gasteiger partial charge in [0.25, 0.3) is 5.91 Å². The number of methoxy groups -OCH3 is 1. The van der Waals surface area contributed by atoms with Gasteiger partial charge < -0.3 is 9.64 Å². The van der Waals surface area contributed by atoms with E-state index >= 15 is 0 Å². The topological polar surface area (TPSA) is 66.9 Å². The maximum Gasteiger partial charge on any atom is 0.265 e. The number of amides is 1. The Morgan fingerprint density at radius 1 is 1.16 bits per heavy atom. The summed E-state index contributed by atoms with van der Waals surface area (Å²) in [5.41, 5.74) is 4.12. The fraction of sp³-hybridized carbons (Fsp3) is 0.292. The van der Waals surface area contributed by atoms with Gasteiger partial charge in [0.1, 0.15) is 15.5 Å². The Balaban J connectivity index is 1.58. The van der Waals surface area contributed by atoms with Crippen molar-refractivity contribution in [1.82, 2.24) is 9.21 Å². The van der Waals surface area contributed by atoms with Crippen LogP contribution in [-0.2, 0) is 29.5 Å². The maximum absolute atomic E-state index is 13.5. The maximum atomic E-state index is 13.5. The van der Waals surface area contributed by atoms with E-state index in [9.17, 15) is 13.2 Å². The summed E-state index contributed by atoms with van der Waals surface area (Å²) < 4.78 is 33.8. The molecule has 0 unspecified atom stereocenters. The van der Waals surface area contributed by atoms with E-state index in [2.05, 4.69) is 0 Å². The number of sulfonamides is 1. The molecule has 0 spiro atoms. The molecular weight excluding hydrogens is 444 g/mol. The predicted molar refractivity (Wildman–Crippen MR) is 126 cm³/mol. The molecule has 0 aliphatic carbocycles. The first-order valence-electron chi connectivity index (χ1n) is 10.3. The molecule has 0 bridgehead atoms. The molecule has 0 fully saturated rings. The smallest absolute Gasteiger partial charge is 0.265 e. The zero-order valence-electron chi connectivity index (χ0n) is 18.4. The van der Waals surface area contributed by atoms with Crippen LogP contribution in [0.15, 0.2) is 58.8 Å². The summed E-state index contributed by atoms with van der Waals surface area (Å²) in [6.45, 7) is 3.01. The van der Waals surface area contributed by atoms with Crippen LogP contribution in [0.5, 0.6) is 5.75 Å². The minimum absolute atomic E-state index is 0.0786. The number of carbonyl (C=O) groups excluding carboxylic acids is 1. The van der Waals surface area contributed by atoms with Gasteiger partial charge in [-0.1, -0.05) is 42.0 Å². The summed E-state index contributed by atoms with van der Waals surface area (Å²) in [5.74, 6) is 0.376. The Labute approximate surface area is 193 Å². The first-order chi connectivity index (χ1) is 15.3. The average molecular weight is 471 g/mol. The SMILES string of the molecule is COc1ccc(C)cc1CN(C)C(=O)c1sccc1S(=O)(=O)N1CCc2ccccc2C1. The van der Waals surface area contributed by atoms with Crippen molar-refractivity contribution in [3.63, 3.8) is 0 Å². The number of hydrogen-bond donors (Lipinski definition) is 0. The second-order valence-corrected chi connectivity index (χ2v) is 10.8. The van der Waals surface area contributed by atoms with Gasteiger partial charge in [-0.3, -0.25) is 4.79 Å². The molecule has 4 rings (SSSR count). The molecule has 168 valence electrons. The highest BCUT2D eigenvalue weighted by Gasteiger charge is 2.33. The number of fused-ring (bicyclic) bond motifs is 1. The van der Waals surface area contributed by atoms with Gasteiger partial charge in [0.15, 0.2) is 0 Å². The van der Waals surface area contributed by atoms with Crippen LogP contribution in [0.4, 0.5) is 0 Å². The van der Waals surface area contributed by atoms with Crippen LogP contribution in [0.25, 0.3) is 0 Å². The number of thiophene rings is 1. The van der Waals surface area contributed by atoms with E-state index in [0.29, 0.717) is 31.8 Å². The lowest BCUT2D eigenvalue weighted by Gasteiger charge is -2.28. The summed E-state index contributed by atoms with van der Waals surface area (Å²) in [6.07, 6.45) is 0.663. The monoisotopic (exact) mass is 470 g/mol. The molecule has 32 heavy (non-hydrogen) atoms. The predicted octanol–water partition coefficient (Wildman–Crippen LogP) is 4.08. The van der Waals surface area contributed by atoms with Gasteiger partial charge in [-0.25, -0.2) is 8.42 Å². The molecule has 0 atom stereocenters. The van der Waals surface area contributed by atoms with Gasteiger partial charge in [-0.15, -0.1) is 11.3 Å². The van der Waals surface area contributed by atoms with Crippen LogP contribution in [-0.4, -0.2) is 44.2 Å². The van der Waals surface area contributed by atoms with Crippen LogP contribution >= 0.6 is 11.3 Å². The van der Waals surface area contributed by atoms with Crippen molar-refractivity contribution in [2.75, 3.05) is 20.7 Å². The molecular formula is C24H26N2O4S2. The van der Waals surface area contributed by atoms with E-state index in [-0.39, 0.29) is 15.7 Å². The highest BCUT2D eigenvalue weighted by atomic mass is 32.2. The molecule has 1 amide bonds. The zero-order chi connectivity index (χ0) is 22.9. The minimum Gasteiger partial charge on any atom is -0.496 e. The average Bonchev–Trinajstić information content (AvgIpc) is 3.29. The number of hydrogen-bond acceptors (Lipinski definition) is 5. The molecule has 0 saturated heterocycles. The summed E-state index contributed by atoms with van der Waals surface area (Å²) in [6, 6.07) is 15.2. The number of ether oxygens (including phenoxy) is 1. The molecule has 0 saturated carbocycles. The van der Waals surface area contributed by atoms with Crippen LogP contribution in [0.3, 0.4) is 0 Å². The zero-order valence-corrected chi connectivity index (χ0v) is 20.0. The molecule has 1 aromatic heterocycles. The van der Waals surface area contributed by atoms with Crippen molar-refractivity contribution < 1.29 is 17.9 Å². The number of carbonyl (C=O) groups is 1. The van der Waals surface area contributed by atoms with Gasteiger partial charge in [-0.05, 0) is 42.0 Å². The number of nitrogens with zero attached hydrogens (tertiary/aromatic N) is 2. The molecule has 8 heteroatoms. The Kier molecular flexibility index (Phi) is 6.37. The second kappa shape index (κ2) is 9.05. The first-order valence-corrected chi connectivity index (χ1v) is 12.7. The molecule has 0 N–H and O–H groups in total. The third-order valence-electron chi connectivity index (χ3n) is 5.73. The lowest BCUT2D eigenvalue weighted by atomic mass is 10.0. The molecule has 3 aromatic rings. The van der Waals surface area contributed by atoms with Crippen molar-refractivity contribution in [2.24, 2.45) is 0 Å². The van der Waals surface area contributed by atoms with Crippen molar-refractivity contribution in [3.05, 3.63) is 81.0 Å². The van der Waals surface area contributed by atoms with Gasteiger partial charge in [0.2, 0.25) is 10.0 Å². The van der Waals surface area contributed by atoms with Crippen LogP contribution in [0.2, 0.25) is 0 Å². The molecule has 0 radical (unpaired) electrons. The van der Waals surface area contributed by atoms with Gasteiger partial charge in [0.05, 0.1) is 7.11 Å². The Morgan fingerprint density at radius 2 is 1.91 bits per heavy atom. The molecule has 2 aromatic carbocycles. The third-order valence-corrected chi connectivity index (χ3v) is 8.65. The Hall–Kier alpha value is -2.68. The summed E-state index contributed by atoms with van der Waals surface area (Å²) >= 11 is 1.16. The quantitative estimate of drug-likeness (QED) is 0.544. The van der Waals surface area contributed by atoms with Crippen LogP contribution in [0, 0.1) is 6.92 Å². The summed E-state index contributed by atoms with van der Waals surface area (Å²) in [7, 11) is -0.520.